The number of anilines is 3. The third-order valence-corrected chi connectivity index (χ3v) is 18.2. The van der Waals surface area contributed by atoms with Crippen molar-refractivity contribution >= 4 is 78.1 Å². The molecule has 0 saturated carbocycles. The van der Waals surface area contributed by atoms with Crippen molar-refractivity contribution in [1.82, 2.24) is 0 Å². The van der Waals surface area contributed by atoms with Gasteiger partial charge in [0.05, 0.1) is 12.0 Å². The number of nitrogens with zero attached hydrogens (tertiary/aromatic N) is 1. The highest BCUT2D eigenvalue weighted by atomic mass is 79.9. The molecule has 0 bridgehead atoms. The fraction of sp³-hybridized carbons (Fsp3) is 0.452. The lowest BCUT2D eigenvalue weighted by Gasteiger charge is -2.41. The molecule has 0 amide bonds. The molecule has 2 aliphatic carbocycles. The van der Waals surface area contributed by atoms with E-state index in [1.807, 2.05) is 24.7 Å². The summed E-state index contributed by atoms with van der Waals surface area (Å²) in [5.41, 5.74) is 19.8. The predicted octanol–water partition coefficient (Wildman–Crippen LogP) is 23.6. The monoisotopic (exact) mass is 1160 g/mol. The quantitative estimate of drug-likeness (QED) is 0.172. The normalized spacial score (nSPS) is 16.5. The molecule has 0 unspecified atom stereocenters. The number of halogens is 3. The highest BCUT2D eigenvalue weighted by Gasteiger charge is 2.39. The van der Waals surface area contributed by atoms with Crippen LogP contribution < -0.4 is 4.90 Å². The first-order valence-corrected chi connectivity index (χ1v) is 30.3. The third kappa shape index (κ3) is 13.3. The van der Waals surface area contributed by atoms with Gasteiger partial charge < -0.3 is 13.7 Å². The zero-order valence-electron chi connectivity index (χ0n) is 51.5. The van der Waals surface area contributed by atoms with Crippen molar-refractivity contribution in [2.45, 2.75) is 214 Å². The number of furan rings is 2. The zero-order valence-corrected chi connectivity index (χ0v) is 54.6. The van der Waals surface area contributed by atoms with Gasteiger partial charge in [-0.15, -0.1) is 0 Å². The Hall–Kier alpha value is -4.74. The molecular formula is C73H90BrCl2NO2. The van der Waals surface area contributed by atoms with Gasteiger partial charge in [0, 0.05) is 48.6 Å². The first-order valence-electron chi connectivity index (χ1n) is 28.7. The lowest BCUT2D eigenvalue weighted by Crippen LogP contribution is -2.33. The standard InChI is InChI=1S/C36H44ClNO.C27H34O.C10H12BrCl/c1-33(2,3)23-11-13-26(14-12-23)38(27-18-24(34(4,5)6)17-25(37)19-27)31-22-39-32-21-30-29(20-28(31)32)35(7,8)15-16-36(30,9)10;1-25(2,3)20-10-8-18(9-11-20)14-19-17-28-24-16-23-22(15-21(19)24)26(4,5)12-13-27(23,6)7;1-10(2,3)7-4-8(11)6-9(12)5-7/h11-14,17-22H,15-16H2,1-10H3;8-11,15-17H,12-14H2,1-7H3;4-6H,1-3H3. The molecule has 8 aromatic rings. The summed E-state index contributed by atoms with van der Waals surface area (Å²) < 4.78 is 13.4. The molecule has 2 aromatic heterocycles. The van der Waals surface area contributed by atoms with E-state index < -0.39 is 0 Å². The molecular weight excluding hydrogens is 1070 g/mol. The number of rotatable bonds is 5. The summed E-state index contributed by atoms with van der Waals surface area (Å²) >= 11 is 16.1. The van der Waals surface area contributed by atoms with Gasteiger partial charge in [0.1, 0.15) is 17.4 Å². The van der Waals surface area contributed by atoms with Crippen LogP contribution in [0.25, 0.3) is 21.9 Å². The molecule has 6 heteroatoms. The Bertz CT molecular complexity index is 3460. The minimum absolute atomic E-state index is 0.0332. The zero-order chi connectivity index (χ0) is 58.2. The van der Waals surface area contributed by atoms with E-state index in [4.69, 9.17) is 32.0 Å². The summed E-state index contributed by atoms with van der Waals surface area (Å²) in [6.07, 6.45) is 9.62. The van der Waals surface area contributed by atoms with Gasteiger partial charge in [0.25, 0.3) is 0 Å². The maximum absolute atomic E-state index is 6.77. The van der Waals surface area contributed by atoms with Crippen LogP contribution in [-0.4, -0.2) is 0 Å². The molecule has 0 fully saturated rings. The highest BCUT2D eigenvalue weighted by molar-refractivity contribution is 9.10. The molecule has 2 aliphatic rings. The van der Waals surface area contributed by atoms with E-state index in [9.17, 15) is 0 Å². The predicted molar refractivity (Wildman–Crippen MR) is 346 cm³/mol. The SMILES string of the molecule is CC(C)(C)c1cc(Cl)cc(Br)c1.CC(C)(C)c1ccc(Cc2coc3cc4c(cc23)C(C)(C)CCC4(C)C)cc1.CC(C)(C)c1ccc(N(c2cc(Cl)cc(C(C)(C)C)c2)c2coc3cc4c(cc23)C(C)(C)CCC4(C)C)cc1. The summed E-state index contributed by atoms with van der Waals surface area (Å²) in [5.74, 6) is 0. The van der Waals surface area contributed by atoms with E-state index in [0.29, 0.717) is 0 Å². The van der Waals surface area contributed by atoms with Gasteiger partial charge in [0.15, 0.2) is 0 Å². The summed E-state index contributed by atoms with van der Waals surface area (Å²) in [5, 5.41) is 3.94. The van der Waals surface area contributed by atoms with Crippen molar-refractivity contribution in [3.8, 4) is 0 Å². The van der Waals surface area contributed by atoms with Crippen LogP contribution >= 0.6 is 39.1 Å². The second-order valence-corrected chi connectivity index (χ2v) is 31.6. The Labute approximate surface area is 494 Å². The Morgan fingerprint density at radius 3 is 1.28 bits per heavy atom. The van der Waals surface area contributed by atoms with Gasteiger partial charge >= 0.3 is 0 Å². The smallest absolute Gasteiger partial charge is 0.136 e. The van der Waals surface area contributed by atoms with Crippen LogP contribution in [0.5, 0.6) is 0 Å². The Morgan fingerprint density at radius 1 is 0.430 bits per heavy atom. The van der Waals surface area contributed by atoms with Crippen molar-refractivity contribution in [3.63, 3.8) is 0 Å². The Balaban J connectivity index is 0.000000178. The van der Waals surface area contributed by atoms with Crippen LogP contribution in [0.3, 0.4) is 0 Å². The van der Waals surface area contributed by atoms with Gasteiger partial charge in [0.2, 0.25) is 0 Å². The van der Waals surface area contributed by atoms with E-state index in [1.165, 1.54) is 86.7 Å². The van der Waals surface area contributed by atoms with Crippen molar-refractivity contribution in [1.29, 1.82) is 0 Å². The fourth-order valence-electron chi connectivity index (χ4n) is 11.5. The summed E-state index contributed by atoms with van der Waals surface area (Å²) in [6.45, 7) is 45.7. The number of benzene rings is 6. The van der Waals surface area contributed by atoms with Gasteiger partial charge in [-0.3, -0.25) is 0 Å². The lowest BCUT2D eigenvalue weighted by atomic mass is 9.63. The van der Waals surface area contributed by atoms with Crippen LogP contribution in [0, 0.1) is 0 Å². The average Bonchev–Trinajstić information content (AvgIpc) is 4.22. The molecule has 0 atom stereocenters. The second kappa shape index (κ2) is 21.5. The molecule has 0 spiro atoms. The number of hydrogen-bond acceptors (Lipinski definition) is 3. The minimum Gasteiger partial charge on any atom is -0.464 e. The first-order chi connectivity index (χ1) is 36.3. The minimum atomic E-state index is -0.0332. The molecule has 6 aromatic carbocycles. The molecule has 2 heterocycles. The van der Waals surface area contributed by atoms with Crippen molar-refractivity contribution < 1.29 is 8.83 Å². The molecule has 0 radical (unpaired) electrons. The Kier molecular flexibility index (Phi) is 16.5. The third-order valence-electron chi connectivity index (χ3n) is 17.3. The topological polar surface area (TPSA) is 29.5 Å². The van der Waals surface area contributed by atoms with Gasteiger partial charge in [-0.05, 0) is 192 Å². The number of fused-ring (bicyclic) bond motifs is 4. The fourth-order valence-corrected chi connectivity index (χ4v) is 12.6. The van der Waals surface area contributed by atoms with Crippen LogP contribution in [0.15, 0.2) is 135 Å². The van der Waals surface area contributed by atoms with Crippen LogP contribution in [-0.2, 0) is 49.7 Å². The van der Waals surface area contributed by atoms with Crippen molar-refractivity contribution in [2.24, 2.45) is 0 Å². The molecule has 0 N–H and O–H groups in total. The van der Waals surface area contributed by atoms with E-state index in [2.05, 4.69) is 256 Å². The summed E-state index contributed by atoms with van der Waals surface area (Å²) in [6, 6.07) is 39.9. The van der Waals surface area contributed by atoms with E-state index >= 15 is 0 Å². The largest absolute Gasteiger partial charge is 0.464 e. The van der Waals surface area contributed by atoms with Gasteiger partial charge in [-0.2, -0.15) is 0 Å². The van der Waals surface area contributed by atoms with E-state index in [-0.39, 0.29) is 43.3 Å². The van der Waals surface area contributed by atoms with E-state index in [0.717, 1.165) is 54.6 Å². The summed E-state index contributed by atoms with van der Waals surface area (Å²) in [4.78, 5) is 2.31. The number of hydrogen-bond donors (Lipinski definition) is 0. The molecule has 0 aliphatic heterocycles. The maximum atomic E-state index is 6.77. The summed E-state index contributed by atoms with van der Waals surface area (Å²) in [7, 11) is 0. The van der Waals surface area contributed by atoms with Gasteiger partial charge in [-0.25, -0.2) is 0 Å². The molecule has 10 rings (SSSR count). The first kappa shape index (κ1) is 60.4. The van der Waals surface area contributed by atoms with Crippen LogP contribution in [0.4, 0.5) is 17.1 Å². The average molecular weight is 1160 g/mol. The lowest BCUT2D eigenvalue weighted by molar-refractivity contribution is 0.332. The van der Waals surface area contributed by atoms with Crippen LogP contribution in [0.1, 0.15) is 220 Å². The maximum Gasteiger partial charge on any atom is 0.136 e. The molecule has 0 saturated heterocycles. The van der Waals surface area contributed by atoms with Crippen molar-refractivity contribution in [2.75, 3.05) is 4.90 Å². The highest BCUT2D eigenvalue weighted by Crippen LogP contribution is 2.51. The van der Waals surface area contributed by atoms with Crippen LogP contribution in [0.2, 0.25) is 10.0 Å². The second-order valence-electron chi connectivity index (χ2n) is 29.8. The van der Waals surface area contributed by atoms with Crippen molar-refractivity contribution in [3.05, 3.63) is 192 Å². The molecule has 3 nitrogen and oxygen atoms in total. The Morgan fingerprint density at radius 2 is 0.823 bits per heavy atom. The van der Waals surface area contributed by atoms with Gasteiger partial charge in [-0.1, -0.05) is 214 Å². The molecule has 79 heavy (non-hydrogen) atoms. The van der Waals surface area contributed by atoms with E-state index in [1.54, 1.807) is 0 Å². The molecule has 420 valence electrons.